The van der Waals surface area contributed by atoms with Crippen molar-refractivity contribution in [3.8, 4) is 5.75 Å². The number of aliphatic hydroxyl groups is 4. The highest BCUT2D eigenvalue weighted by molar-refractivity contribution is 6.33. The van der Waals surface area contributed by atoms with E-state index in [0.717, 1.165) is 6.07 Å². The number of likely N-dealkylation sites (N-methyl/N-ethyl adjacent to an activating group) is 1. The van der Waals surface area contributed by atoms with E-state index >= 15 is 0 Å². The zero-order valence-electron chi connectivity index (χ0n) is 18.0. The summed E-state index contributed by atoms with van der Waals surface area (Å²) >= 11 is 6.26. The Morgan fingerprint density at radius 3 is 2.33 bits per heavy atom. The Morgan fingerprint density at radius 2 is 1.79 bits per heavy atom. The molecular formula is C22H23ClN2O8. The van der Waals surface area contributed by atoms with Crippen molar-refractivity contribution in [1.29, 1.82) is 0 Å². The number of phenols is 1. The van der Waals surface area contributed by atoms with Crippen molar-refractivity contribution in [1.82, 2.24) is 4.90 Å². The van der Waals surface area contributed by atoms with Gasteiger partial charge in [-0.3, -0.25) is 19.3 Å². The molecule has 1 aromatic carbocycles. The molecule has 0 fully saturated rings. The molecule has 0 spiro atoms. The van der Waals surface area contributed by atoms with Gasteiger partial charge in [0, 0.05) is 28.0 Å². The van der Waals surface area contributed by atoms with Crippen LogP contribution in [0.1, 0.15) is 29.3 Å². The van der Waals surface area contributed by atoms with E-state index in [4.69, 9.17) is 17.3 Å². The van der Waals surface area contributed by atoms with Crippen LogP contribution in [-0.4, -0.2) is 73.6 Å². The SMILES string of the molecule is CN(C)C1C(O)=C(C(N)=O)C(=O)[C@@]2(O)C(O)=C3C(=O)c4c(O)ccc(Cl)c4[C@@](C)(O)[C@H]3C[C@@H]12. The smallest absolute Gasteiger partial charge is 0.255 e. The third-order valence-corrected chi connectivity index (χ3v) is 7.39. The molecule has 1 aromatic rings. The van der Waals surface area contributed by atoms with E-state index in [1.807, 2.05) is 0 Å². The predicted octanol–water partition coefficient (Wildman–Crippen LogP) is 0.439. The summed E-state index contributed by atoms with van der Waals surface area (Å²) in [6.45, 7) is 1.34. The molecule has 7 N–H and O–H groups in total. The lowest BCUT2D eigenvalue weighted by molar-refractivity contribution is -0.151. The van der Waals surface area contributed by atoms with Crippen molar-refractivity contribution in [2.45, 2.75) is 30.6 Å². The van der Waals surface area contributed by atoms with Crippen LogP contribution < -0.4 is 5.73 Å². The molecular weight excluding hydrogens is 456 g/mol. The van der Waals surface area contributed by atoms with Crippen molar-refractivity contribution < 1.29 is 39.9 Å². The van der Waals surface area contributed by atoms with Gasteiger partial charge < -0.3 is 31.3 Å². The number of rotatable bonds is 2. The summed E-state index contributed by atoms with van der Waals surface area (Å²) in [5.41, 5.74) is -1.21. The first-order valence-electron chi connectivity index (χ1n) is 10.1. The van der Waals surface area contributed by atoms with Gasteiger partial charge in [-0.15, -0.1) is 0 Å². The number of primary amides is 1. The standard InChI is InChI=1S/C22H23ClN2O8/c1-21(32)7-6-8-15(25(2)3)17(28)13(20(24)31)19(30)22(8,33)18(29)11(7)16(27)12-10(26)5-4-9(23)14(12)21/h4-5,7-8,15,26,28-29,32-33H,6H2,1-3H3,(H2,24,31)/t7-,8-,15?,21-,22-/m0/s1. The number of nitrogens with two attached hydrogens (primary N) is 1. The largest absolute Gasteiger partial charge is 0.510 e. The number of aromatic hydroxyl groups is 1. The summed E-state index contributed by atoms with van der Waals surface area (Å²) in [7, 11) is 3.03. The van der Waals surface area contributed by atoms with E-state index in [0.29, 0.717) is 0 Å². The molecule has 10 nitrogen and oxygen atoms in total. The average molecular weight is 479 g/mol. The molecule has 1 unspecified atom stereocenters. The fourth-order valence-corrected chi connectivity index (χ4v) is 5.93. The number of carbonyl (C=O) groups excluding carboxylic acids is 3. The predicted molar refractivity (Wildman–Crippen MR) is 115 cm³/mol. The van der Waals surface area contributed by atoms with Gasteiger partial charge >= 0.3 is 0 Å². The molecule has 0 saturated heterocycles. The van der Waals surface area contributed by atoms with Gasteiger partial charge in [-0.25, -0.2) is 0 Å². The van der Waals surface area contributed by atoms with Crippen LogP contribution in [0, 0.1) is 11.8 Å². The molecule has 0 bridgehead atoms. The first-order valence-corrected chi connectivity index (χ1v) is 10.5. The van der Waals surface area contributed by atoms with Crippen LogP contribution in [0.5, 0.6) is 5.75 Å². The minimum absolute atomic E-state index is 0.00293. The van der Waals surface area contributed by atoms with Crippen LogP contribution in [-0.2, 0) is 15.2 Å². The van der Waals surface area contributed by atoms with Crippen LogP contribution in [0.25, 0.3) is 0 Å². The number of phenolic OH excluding ortho intramolecular Hbond substituents is 1. The highest BCUT2D eigenvalue weighted by Gasteiger charge is 2.65. The Labute approximate surface area is 193 Å². The number of ketones is 2. The average Bonchev–Trinajstić information content (AvgIpc) is 2.69. The zero-order valence-corrected chi connectivity index (χ0v) is 18.7. The summed E-state index contributed by atoms with van der Waals surface area (Å²) in [6, 6.07) is 1.30. The minimum Gasteiger partial charge on any atom is -0.510 e. The topological polar surface area (TPSA) is 182 Å². The molecule has 176 valence electrons. The van der Waals surface area contributed by atoms with Crippen molar-refractivity contribution in [3.05, 3.63) is 50.9 Å². The van der Waals surface area contributed by atoms with Crippen LogP contribution in [0.2, 0.25) is 5.02 Å². The van der Waals surface area contributed by atoms with Crippen LogP contribution in [0.3, 0.4) is 0 Å². The number of Topliss-reactive ketones (excluding diaryl/α,β-unsaturated/α-hetero) is 2. The summed E-state index contributed by atoms with van der Waals surface area (Å²) in [4.78, 5) is 40.0. The Kier molecular flexibility index (Phi) is 4.96. The van der Waals surface area contributed by atoms with Crippen molar-refractivity contribution in [3.63, 3.8) is 0 Å². The Morgan fingerprint density at radius 1 is 1.18 bits per heavy atom. The van der Waals surface area contributed by atoms with Gasteiger partial charge in [0.1, 0.15) is 22.8 Å². The molecule has 33 heavy (non-hydrogen) atoms. The van der Waals surface area contributed by atoms with Gasteiger partial charge in [-0.05, 0) is 39.6 Å². The maximum atomic E-state index is 13.4. The van der Waals surface area contributed by atoms with Crippen LogP contribution in [0.4, 0.5) is 0 Å². The lowest BCUT2D eigenvalue weighted by Gasteiger charge is -2.52. The number of hydrogen-bond donors (Lipinski definition) is 6. The first kappa shape index (κ1) is 23.2. The number of aliphatic hydroxyl groups excluding tert-OH is 2. The number of nitrogens with zero attached hydrogens (tertiary/aromatic N) is 1. The van der Waals surface area contributed by atoms with E-state index in [9.17, 15) is 39.9 Å². The number of benzene rings is 1. The molecule has 1 amide bonds. The summed E-state index contributed by atoms with van der Waals surface area (Å²) < 4.78 is 0. The van der Waals surface area contributed by atoms with Gasteiger partial charge in [0.05, 0.1) is 17.2 Å². The van der Waals surface area contributed by atoms with E-state index in [-0.39, 0.29) is 22.6 Å². The van der Waals surface area contributed by atoms with E-state index in [1.165, 1.54) is 32.0 Å². The molecule has 3 aliphatic carbocycles. The summed E-state index contributed by atoms with van der Waals surface area (Å²) in [5.74, 6) is -8.29. The molecule has 0 aliphatic heterocycles. The molecule has 0 heterocycles. The molecule has 0 saturated carbocycles. The highest BCUT2D eigenvalue weighted by Crippen LogP contribution is 2.57. The van der Waals surface area contributed by atoms with E-state index in [2.05, 4.69) is 0 Å². The second-order valence-electron chi connectivity index (χ2n) is 9.08. The minimum atomic E-state index is -2.78. The monoisotopic (exact) mass is 478 g/mol. The maximum Gasteiger partial charge on any atom is 0.255 e. The quantitative estimate of drug-likeness (QED) is 0.328. The summed E-state index contributed by atoms with van der Waals surface area (Å²) in [6.07, 6.45) is -0.259. The van der Waals surface area contributed by atoms with Crippen LogP contribution in [0.15, 0.2) is 34.8 Å². The van der Waals surface area contributed by atoms with E-state index < -0.39 is 75.0 Å². The van der Waals surface area contributed by atoms with Gasteiger partial charge in [-0.1, -0.05) is 11.6 Å². The number of fused-ring (bicyclic) bond motifs is 3. The Hall–Kier alpha value is -2.92. The lowest BCUT2D eigenvalue weighted by atomic mass is 9.55. The number of hydrogen-bond acceptors (Lipinski definition) is 9. The fourth-order valence-electron chi connectivity index (χ4n) is 5.59. The fraction of sp³-hybridized carbons (Fsp3) is 0.409. The lowest BCUT2D eigenvalue weighted by Crippen LogP contribution is -2.65. The maximum absolute atomic E-state index is 13.4. The van der Waals surface area contributed by atoms with E-state index in [1.54, 1.807) is 0 Å². The van der Waals surface area contributed by atoms with Gasteiger partial charge in [0.15, 0.2) is 11.4 Å². The zero-order chi connectivity index (χ0) is 24.8. The normalized spacial score (nSPS) is 33.7. The second-order valence-corrected chi connectivity index (χ2v) is 9.49. The highest BCUT2D eigenvalue weighted by atomic mass is 35.5. The molecule has 3 aliphatic rings. The number of carbonyl (C=O) groups is 3. The third kappa shape index (κ3) is 2.75. The van der Waals surface area contributed by atoms with Gasteiger partial charge in [-0.2, -0.15) is 0 Å². The van der Waals surface area contributed by atoms with Gasteiger partial charge in [0.25, 0.3) is 5.91 Å². The Bertz CT molecular complexity index is 1200. The van der Waals surface area contributed by atoms with Crippen molar-refractivity contribution >= 4 is 29.1 Å². The first-order chi connectivity index (χ1) is 15.2. The molecule has 11 heteroatoms. The van der Waals surface area contributed by atoms with Crippen LogP contribution >= 0.6 is 11.6 Å². The number of amides is 1. The molecule has 4 rings (SSSR count). The number of halogens is 1. The Balaban J connectivity index is 2.07. The molecule has 0 aromatic heterocycles. The van der Waals surface area contributed by atoms with Gasteiger partial charge in [0.2, 0.25) is 5.78 Å². The second kappa shape index (κ2) is 7.04. The molecule has 0 radical (unpaired) electrons. The molecule has 5 atom stereocenters. The van der Waals surface area contributed by atoms with Crippen molar-refractivity contribution in [2.75, 3.05) is 14.1 Å². The van der Waals surface area contributed by atoms with Crippen molar-refractivity contribution in [2.24, 2.45) is 17.6 Å². The summed E-state index contributed by atoms with van der Waals surface area (Å²) in [5, 5.41) is 55.3. The third-order valence-electron chi connectivity index (χ3n) is 7.07.